The van der Waals surface area contributed by atoms with Crippen molar-refractivity contribution in [3.05, 3.63) is 47.0 Å². The van der Waals surface area contributed by atoms with Crippen LogP contribution in [-0.4, -0.2) is 41.9 Å². The SMILES string of the molecule is CC1=C2C[C@H]3[C@@H](CC[C@@H]4CC(=O)CC[C@@]43C)[C@@H]2CC[C@@]2(C1)O[C@@H]1C[C@H](C)CC(CCN(C)C(=O)CCc3ccccc3)[C@H]1[C@H]2C. The number of amides is 1. The minimum absolute atomic E-state index is 0.0235. The van der Waals surface area contributed by atoms with Crippen molar-refractivity contribution in [2.75, 3.05) is 13.6 Å². The van der Waals surface area contributed by atoms with E-state index in [1.807, 2.05) is 18.0 Å². The molecular weight excluding hydrogens is 554 g/mol. The molecule has 1 unspecified atom stereocenters. The van der Waals surface area contributed by atoms with Gasteiger partial charge in [0.05, 0.1) is 11.7 Å². The van der Waals surface area contributed by atoms with Crippen molar-refractivity contribution in [2.24, 2.45) is 52.8 Å². The quantitative estimate of drug-likeness (QED) is 0.301. The number of benzene rings is 1. The van der Waals surface area contributed by atoms with Crippen LogP contribution in [0.15, 0.2) is 41.5 Å². The number of nitrogens with zero attached hydrogens (tertiary/aromatic N) is 1. The Labute approximate surface area is 273 Å². The predicted molar refractivity (Wildman–Crippen MR) is 180 cm³/mol. The lowest BCUT2D eigenvalue weighted by Crippen LogP contribution is -2.46. The molecule has 4 saturated carbocycles. The van der Waals surface area contributed by atoms with Crippen LogP contribution in [0.2, 0.25) is 0 Å². The lowest BCUT2D eigenvalue weighted by atomic mass is 9.52. The van der Waals surface area contributed by atoms with Gasteiger partial charge in [-0.2, -0.15) is 0 Å². The van der Waals surface area contributed by atoms with Crippen molar-refractivity contribution in [3.8, 4) is 0 Å². The van der Waals surface area contributed by atoms with Crippen LogP contribution in [0.5, 0.6) is 0 Å². The normalized spacial score (nSPS) is 42.5. The van der Waals surface area contributed by atoms with Crippen LogP contribution in [0.1, 0.15) is 117 Å². The number of rotatable bonds is 6. The van der Waals surface area contributed by atoms with Crippen LogP contribution in [0.3, 0.4) is 0 Å². The lowest BCUT2D eigenvalue weighted by molar-refractivity contribution is -0.130. The largest absolute Gasteiger partial charge is 0.371 e. The summed E-state index contributed by atoms with van der Waals surface area (Å²) in [5, 5.41) is 0. The van der Waals surface area contributed by atoms with E-state index in [-0.39, 0.29) is 11.5 Å². The summed E-state index contributed by atoms with van der Waals surface area (Å²) < 4.78 is 7.37. The number of hydrogen-bond donors (Lipinski definition) is 0. The summed E-state index contributed by atoms with van der Waals surface area (Å²) in [6.07, 6.45) is 15.6. The zero-order valence-corrected chi connectivity index (χ0v) is 28.9. The molecule has 6 aliphatic rings. The summed E-state index contributed by atoms with van der Waals surface area (Å²) in [4.78, 5) is 27.4. The molecule has 1 aliphatic heterocycles. The second kappa shape index (κ2) is 12.3. The molecule has 1 aromatic rings. The Kier molecular flexibility index (Phi) is 8.62. The van der Waals surface area contributed by atoms with Crippen molar-refractivity contribution in [2.45, 2.75) is 129 Å². The fourth-order valence-electron chi connectivity index (χ4n) is 12.3. The van der Waals surface area contributed by atoms with Gasteiger partial charge < -0.3 is 9.64 Å². The van der Waals surface area contributed by atoms with E-state index >= 15 is 0 Å². The maximum atomic E-state index is 13.1. The molecule has 1 saturated heterocycles. The zero-order chi connectivity index (χ0) is 31.5. The summed E-state index contributed by atoms with van der Waals surface area (Å²) in [7, 11) is 2.01. The molecule has 1 amide bonds. The molecule has 7 rings (SSSR count). The van der Waals surface area contributed by atoms with Gasteiger partial charge in [-0.15, -0.1) is 0 Å². The smallest absolute Gasteiger partial charge is 0.222 e. The highest BCUT2D eigenvalue weighted by molar-refractivity contribution is 5.79. The summed E-state index contributed by atoms with van der Waals surface area (Å²) in [6.45, 7) is 10.8. The van der Waals surface area contributed by atoms with E-state index in [4.69, 9.17) is 4.74 Å². The van der Waals surface area contributed by atoms with Crippen LogP contribution in [0.4, 0.5) is 0 Å². The predicted octanol–water partition coefficient (Wildman–Crippen LogP) is 8.83. The van der Waals surface area contributed by atoms with Crippen molar-refractivity contribution in [3.63, 3.8) is 0 Å². The second-order valence-electron chi connectivity index (χ2n) is 17.1. The number of carbonyl (C=O) groups is 2. The van der Waals surface area contributed by atoms with Crippen LogP contribution in [0, 0.1) is 52.8 Å². The monoisotopic (exact) mass is 613 g/mol. The number of carbonyl (C=O) groups excluding carboxylic acids is 2. The van der Waals surface area contributed by atoms with Gasteiger partial charge in [-0.05, 0) is 136 Å². The van der Waals surface area contributed by atoms with Crippen LogP contribution < -0.4 is 0 Å². The highest BCUT2D eigenvalue weighted by Gasteiger charge is 2.60. The number of ether oxygens (including phenoxy) is 1. The lowest BCUT2D eigenvalue weighted by Gasteiger charge is -2.52. The molecule has 5 aliphatic carbocycles. The molecule has 4 nitrogen and oxygen atoms in total. The molecule has 45 heavy (non-hydrogen) atoms. The molecule has 1 aromatic carbocycles. The molecule has 0 N–H and O–H groups in total. The average molecular weight is 614 g/mol. The van der Waals surface area contributed by atoms with Gasteiger partial charge in [-0.25, -0.2) is 0 Å². The third-order valence-corrected chi connectivity index (χ3v) is 14.8. The average Bonchev–Trinajstić information content (AvgIpc) is 3.49. The van der Waals surface area contributed by atoms with E-state index in [0.717, 1.165) is 62.8 Å². The molecule has 1 heterocycles. The molecule has 0 bridgehead atoms. The number of ketones is 1. The standard InChI is InChI=1S/C41H59NO3/c1-26-21-30(17-20-42(5)38(44)14-11-29-9-7-6-8-10-29)39-28(3)41(45-37(39)22-26)19-16-33-34-13-12-31-23-32(43)15-18-40(31,4)36(34)24-35(33)27(2)25-41/h6-10,26,28,30-31,33-34,36-37,39H,11-25H2,1-5H3/t26-,28-,30?,31-,33+,34+,36+,37-,39-,40+,41+/m1/s1. The maximum Gasteiger partial charge on any atom is 0.222 e. The van der Waals surface area contributed by atoms with Crippen molar-refractivity contribution in [1.29, 1.82) is 0 Å². The van der Waals surface area contributed by atoms with Crippen molar-refractivity contribution in [1.82, 2.24) is 4.90 Å². The first-order valence-electron chi connectivity index (χ1n) is 18.7. The van der Waals surface area contributed by atoms with Gasteiger partial charge >= 0.3 is 0 Å². The first kappa shape index (κ1) is 31.6. The van der Waals surface area contributed by atoms with E-state index < -0.39 is 0 Å². The number of allylic oxidation sites excluding steroid dienone is 1. The first-order chi connectivity index (χ1) is 21.6. The highest BCUT2D eigenvalue weighted by Crippen LogP contribution is 2.65. The van der Waals surface area contributed by atoms with Crippen molar-refractivity contribution < 1.29 is 14.3 Å². The van der Waals surface area contributed by atoms with E-state index in [2.05, 4.69) is 52.0 Å². The Bertz CT molecular complexity index is 1300. The van der Waals surface area contributed by atoms with Gasteiger partial charge in [0.25, 0.3) is 0 Å². The molecule has 246 valence electrons. The van der Waals surface area contributed by atoms with E-state index in [0.29, 0.717) is 53.3 Å². The molecule has 5 fully saturated rings. The van der Waals surface area contributed by atoms with Gasteiger partial charge in [-0.1, -0.05) is 62.2 Å². The van der Waals surface area contributed by atoms with Gasteiger partial charge in [0, 0.05) is 32.9 Å². The highest BCUT2D eigenvalue weighted by atomic mass is 16.5. The number of fused-ring (bicyclic) bond motifs is 6. The van der Waals surface area contributed by atoms with Crippen LogP contribution in [-0.2, 0) is 20.7 Å². The summed E-state index contributed by atoms with van der Waals surface area (Å²) in [6, 6.07) is 10.4. The summed E-state index contributed by atoms with van der Waals surface area (Å²) in [5.74, 6) is 6.18. The first-order valence-corrected chi connectivity index (χ1v) is 18.7. The van der Waals surface area contributed by atoms with Gasteiger partial charge in [0.2, 0.25) is 5.91 Å². The summed E-state index contributed by atoms with van der Waals surface area (Å²) in [5.41, 5.74) is 5.03. The minimum Gasteiger partial charge on any atom is -0.371 e. The molecule has 1 spiro atoms. The summed E-state index contributed by atoms with van der Waals surface area (Å²) >= 11 is 0. The Morgan fingerprint density at radius 2 is 1.84 bits per heavy atom. The Balaban J connectivity index is 1.03. The van der Waals surface area contributed by atoms with Crippen LogP contribution in [0.25, 0.3) is 0 Å². The number of Topliss-reactive ketones (excluding diaryl/α,β-unsaturated/α-hetero) is 1. The van der Waals surface area contributed by atoms with Crippen LogP contribution >= 0.6 is 0 Å². The Morgan fingerprint density at radius 1 is 1.04 bits per heavy atom. The molecule has 11 atom stereocenters. The van der Waals surface area contributed by atoms with E-state index in [9.17, 15) is 9.59 Å². The van der Waals surface area contributed by atoms with Crippen molar-refractivity contribution >= 4 is 11.7 Å². The second-order valence-corrected chi connectivity index (χ2v) is 17.1. The topological polar surface area (TPSA) is 46.6 Å². The molecule has 0 radical (unpaired) electrons. The van der Waals surface area contributed by atoms with Gasteiger partial charge in [0.1, 0.15) is 5.78 Å². The minimum atomic E-state index is -0.0235. The van der Waals surface area contributed by atoms with E-state index in [1.165, 1.54) is 50.5 Å². The number of hydrogen-bond acceptors (Lipinski definition) is 3. The fraction of sp³-hybridized carbons (Fsp3) is 0.756. The Morgan fingerprint density at radius 3 is 2.64 bits per heavy atom. The third kappa shape index (κ3) is 5.67. The van der Waals surface area contributed by atoms with Gasteiger partial charge in [0.15, 0.2) is 0 Å². The number of aryl methyl sites for hydroxylation is 1. The molecule has 0 aromatic heterocycles. The maximum absolute atomic E-state index is 13.1. The Hall–Kier alpha value is -1.94. The molecular formula is C41H59NO3. The third-order valence-electron chi connectivity index (χ3n) is 14.8. The fourth-order valence-corrected chi connectivity index (χ4v) is 12.3. The molecule has 4 heteroatoms. The van der Waals surface area contributed by atoms with Gasteiger partial charge in [-0.3, -0.25) is 9.59 Å². The van der Waals surface area contributed by atoms with E-state index in [1.54, 1.807) is 11.1 Å². The zero-order valence-electron chi connectivity index (χ0n) is 28.9.